The van der Waals surface area contributed by atoms with Gasteiger partial charge in [0.25, 0.3) is 11.8 Å². The Kier molecular flexibility index (Phi) is 9.72. The molecule has 2 rings (SSSR count). The average molecular weight is 467 g/mol. The Bertz CT molecular complexity index is 1090. The summed E-state index contributed by atoms with van der Waals surface area (Å²) < 4.78 is 0. The van der Waals surface area contributed by atoms with Gasteiger partial charge in [-0.25, -0.2) is 5.48 Å². The molecule has 2 aromatic rings. The second kappa shape index (κ2) is 12.7. The van der Waals surface area contributed by atoms with Crippen molar-refractivity contribution in [3.05, 3.63) is 65.2 Å². The van der Waals surface area contributed by atoms with E-state index in [2.05, 4.69) is 27.8 Å². The number of amides is 4. The molecule has 178 valence electrons. The van der Waals surface area contributed by atoms with Crippen molar-refractivity contribution in [2.24, 2.45) is 5.73 Å². The first kappa shape index (κ1) is 26.0. The first-order chi connectivity index (χ1) is 16.2. The van der Waals surface area contributed by atoms with E-state index >= 15 is 0 Å². The zero-order valence-corrected chi connectivity index (χ0v) is 18.3. The molecule has 0 fully saturated rings. The Balaban J connectivity index is 1.96. The topological polar surface area (TPSA) is 183 Å². The van der Waals surface area contributed by atoms with Crippen LogP contribution in [0.4, 0.5) is 5.69 Å². The van der Waals surface area contributed by atoms with Crippen molar-refractivity contribution >= 4 is 29.3 Å². The minimum absolute atomic E-state index is 0.181. The Labute approximate surface area is 195 Å². The predicted molar refractivity (Wildman–Crippen MR) is 122 cm³/mol. The molecule has 0 bridgehead atoms. The Morgan fingerprint density at radius 1 is 0.941 bits per heavy atom. The lowest BCUT2D eigenvalue weighted by atomic mass is 10.1. The molecule has 8 N–H and O–H groups in total. The van der Waals surface area contributed by atoms with Gasteiger partial charge in [-0.3, -0.25) is 24.4 Å². The van der Waals surface area contributed by atoms with Gasteiger partial charge in [0.15, 0.2) is 0 Å². The van der Waals surface area contributed by atoms with Crippen molar-refractivity contribution < 1.29 is 29.5 Å². The molecule has 2 atom stereocenters. The fourth-order valence-electron chi connectivity index (χ4n) is 2.64. The van der Waals surface area contributed by atoms with Crippen LogP contribution < -0.4 is 27.2 Å². The van der Waals surface area contributed by atoms with Gasteiger partial charge >= 0.3 is 0 Å². The van der Waals surface area contributed by atoms with E-state index in [1.165, 1.54) is 24.5 Å². The molecule has 0 aliphatic rings. The zero-order chi connectivity index (χ0) is 25.1. The summed E-state index contributed by atoms with van der Waals surface area (Å²) in [7, 11) is 0. The van der Waals surface area contributed by atoms with Gasteiger partial charge in [0.1, 0.15) is 6.04 Å². The highest BCUT2D eigenvalue weighted by Crippen LogP contribution is 2.09. The molecule has 11 heteroatoms. The van der Waals surface area contributed by atoms with E-state index in [4.69, 9.17) is 10.9 Å². The normalized spacial score (nSPS) is 11.8. The van der Waals surface area contributed by atoms with E-state index in [-0.39, 0.29) is 24.6 Å². The van der Waals surface area contributed by atoms with Crippen LogP contribution in [0, 0.1) is 11.8 Å². The number of nitrogens with one attached hydrogen (secondary N) is 4. The highest BCUT2D eigenvalue weighted by molar-refractivity contribution is 5.97. The minimum Gasteiger partial charge on any atom is -0.391 e. The average Bonchev–Trinajstić information content (AvgIpc) is 2.84. The quantitative estimate of drug-likeness (QED) is 0.149. The molecule has 0 aliphatic carbocycles. The maximum atomic E-state index is 12.3. The summed E-state index contributed by atoms with van der Waals surface area (Å²) in [6.07, 6.45) is -1.21. The van der Waals surface area contributed by atoms with Crippen LogP contribution >= 0.6 is 0 Å². The van der Waals surface area contributed by atoms with Crippen LogP contribution in [0.25, 0.3) is 0 Å². The predicted octanol–water partition coefficient (Wildman–Crippen LogP) is -0.916. The number of hydrogen-bond donors (Lipinski definition) is 7. The van der Waals surface area contributed by atoms with Gasteiger partial charge in [-0.15, -0.1) is 0 Å². The molecular weight excluding hydrogens is 442 g/mol. The van der Waals surface area contributed by atoms with Gasteiger partial charge in [-0.05, 0) is 55.5 Å². The van der Waals surface area contributed by atoms with E-state index in [0.29, 0.717) is 16.8 Å². The van der Waals surface area contributed by atoms with Crippen molar-refractivity contribution in [3.8, 4) is 11.8 Å². The molecule has 0 saturated carbocycles. The fourth-order valence-corrected chi connectivity index (χ4v) is 2.64. The van der Waals surface area contributed by atoms with Crippen molar-refractivity contribution in [3.63, 3.8) is 0 Å². The zero-order valence-electron chi connectivity index (χ0n) is 18.3. The lowest BCUT2D eigenvalue weighted by Gasteiger charge is -2.19. The highest BCUT2D eigenvalue weighted by atomic mass is 16.5. The SMILES string of the molecule is C[C@@H](O)[C@H](NC(=O)c1ccc(C#Cc2ccc(NC(=O)CNC(=O)CN)cc2)cc1)C(=O)NO. The number of carbonyl (C=O) groups is 4. The summed E-state index contributed by atoms with van der Waals surface area (Å²) in [6, 6.07) is 11.7. The van der Waals surface area contributed by atoms with Gasteiger partial charge in [-0.2, -0.15) is 0 Å². The maximum Gasteiger partial charge on any atom is 0.268 e. The third-order valence-corrected chi connectivity index (χ3v) is 4.46. The minimum atomic E-state index is -1.31. The molecule has 0 aliphatic heterocycles. The molecule has 2 aromatic carbocycles. The van der Waals surface area contributed by atoms with Gasteiger partial charge < -0.3 is 26.8 Å². The molecule has 0 radical (unpaired) electrons. The number of anilines is 1. The lowest BCUT2D eigenvalue weighted by Crippen LogP contribution is -2.51. The summed E-state index contributed by atoms with van der Waals surface area (Å²) in [5.41, 5.74) is 8.65. The number of hydrogen-bond acceptors (Lipinski definition) is 7. The van der Waals surface area contributed by atoms with E-state index < -0.39 is 29.9 Å². The number of aliphatic hydroxyl groups is 1. The van der Waals surface area contributed by atoms with Crippen molar-refractivity contribution in [1.82, 2.24) is 16.1 Å². The third-order valence-electron chi connectivity index (χ3n) is 4.46. The maximum absolute atomic E-state index is 12.3. The first-order valence-electron chi connectivity index (χ1n) is 10.1. The molecule has 0 spiro atoms. The lowest BCUT2D eigenvalue weighted by molar-refractivity contribution is -0.133. The van der Waals surface area contributed by atoms with E-state index in [1.807, 2.05) is 0 Å². The Hall–Kier alpha value is -4.24. The second-order valence-corrected chi connectivity index (χ2v) is 7.10. The van der Waals surface area contributed by atoms with Crippen LogP contribution in [0.1, 0.15) is 28.4 Å². The number of rotatable bonds is 8. The van der Waals surface area contributed by atoms with Crippen molar-refractivity contribution in [2.45, 2.75) is 19.1 Å². The summed E-state index contributed by atoms with van der Waals surface area (Å²) in [5.74, 6) is 3.56. The summed E-state index contributed by atoms with van der Waals surface area (Å²) >= 11 is 0. The van der Waals surface area contributed by atoms with E-state index in [9.17, 15) is 24.3 Å². The number of benzene rings is 2. The molecule has 34 heavy (non-hydrogen) atoms. The van der Waals surface area contributed by atoms with Crippen LogP contribution in [0.3, 0.4) is 0 Å². The number of hydroxylamine groups is 1. The summed E-state index contributed by atoms with van der Waals surface area (Å²) in [6.45, 7) is 0.936. The highest BCUT2D eigenvalue weighted by Gasteiger charge is 2.25. The molecule has 11 nitrogen and oxygen atoms in total. The summed E-state index contributed by atoms with van der Waals surface area (Å²) in [5, 5.41) is 25.7. The van der Waals surface area contributed by atoms with Gasteiger partial charge in [0.2, 0.25) is 11.8 Å². The van der Waals surface area contributed by atoms with Crippen molar-refractivity contribution in [1.29, 1.82) is 0 Å². The molecule has 4 amide bonds. The molecular formula is C23H25N5O6. The summed E-state index contributed by atoms with van der Waals surface area (Å²) in [4.78, 5) is 46.7. The van der Waals surface area contributed by atoms with E-state index in [1.54, 1.807) is 36.4 Å². The van der Waals surface area contributed by atoms with Crippen LogP contribution in [-0.4, -0.2) is 59.2 Å². The molecule has 0 saturated heterocycles. The van der Waals surface area contributed by atoms with Gasteiger partial charge in [0, 0.05) is 22.4 Å². The monoisotopic (exact) mass is 467 g/mol. The van der Waals surface area contributed by atoms with E-state index in [0.717, 1.165) is 0 Å². The third kappa shape index (κ3) is 8.03. The first-order valence-corrected chi connectivity index (χ1v) is 10.1. The molecule has 0 aromatic heterocycles. The van der Waals surface area contributed by atoms with Gasteiger partial charge in [0.05, 0.1) is 19.2 Å². The van der Waals surface area contributed by atoms with Crippen LogP contribution in [0.2, 0.25) is 0 Å². The molecule has 0 unspecified atom stereocenters. The van der Waals surface area contributed by atoms with Crippen molar-refractivity contribution in [2.75, 3.05) is 18.4 Å². The number of carbonyl (C=O) groups excluding carboxylic acids is 4. The largest absolute Gasteiger partial charge is 0.391 e. The Morgan fingerprint density at radius 3 is 2.00 bits per heavy atom. The standard InChI is InChI=1S/C23H25N5O6/c1-14(29)21(23(33)28-34)27-22(32)17-8-4-15(5-9-17)2-3-16-6-10-18(11-7-16)26-20(31)13-25-19(30)12-24/h4-11,14,21,29,34H,12-13,24H2,1H3,(H,25,30)(H,26,31)(H,27,32)(H,28,33)/t14-,21+/m1/s1. The number of aliphatic hydroxyl groups excluding tert-OH is 1. The van der Waals surface area contributed by atoms with Gasteiger partial charge in [-0.1, -0.05) is 11.8 Å². The molecule has 0 heterocycles. The smallest absolute Gasteiger partial charge is 0.268 e. The van der Waals surface area contributed by atoms with Crippen LogP contribution in [-0.2, 0) is 14.4 Å². The number of nitrogens with two attached hydrogens (primary N) is 1. The second-order valence-electron chi connectivity index (χ2n) is 7.10. The van der Waals surface area contributed by atoms with Crippen LogP contribution in [0.5, 0.6) is 0 Å². The Morgan fingerprint density at radius 2 is 1.50 bits per heavy atom. The fraction of sp³-hybridized carbons (Fsp3) is 0.217. The van der Waals surface area contributed by atoms with Crippen LogP contribution in [0.15, 0.2) is 48.5 Å².